The SMILES string of the molecule is Cc1nnc([C@H]2COCCN2C(=O)Cn2ncc3ccccc32)o1. The highest BCUT2D eigenvalue weighted by atomic mass is 16.5. The first-order chi connectivity index (χ1) is 11.7. The van der Waals surface area contributed by atoms with Crippen LogP contribution in [0, 0.1) is 6.92 Å². The number of ether oxygens (including phenoxy) is 1. The van der Waals surface area contributed by atoms with Crippen LogP contribution in [-0.2, 0) is 16.1 Å². The Kier molecular flexibility index (Phi) is 3.73. The molecule has 0 aliphatic carbocycles. The number of fused-ring (bicyclic) bond motifs is 1. The smallest absolute Gasteiger partial charge is 0.245 e. The van der Waals surface area contributed by atoms with Crippen molar-refractivity contribution < 1.29 is 13.9 Å². The maximum absolute atomic E-state index is 12.8. The second-order valence-electron chi connectivity index (χ2n) is 5.70. The average molecular weight is 327 g/mol. The molecule has 1 amide bonds. The van der Waals surface area contributed by atoms with Crippen molar-refractivity contribution in [3.8, 4) is 0 Å². The van der Waals surface area contributed by atoms with Crippen molar-refractivity contribution in [1.29, 1.82) is 0 Å². The molecule has 124 valence electrons. The van der Waals surface area contributed by atoms with Crippen molar-refractivity contribution in [3.63, 3.8) is 0 Å². The van der Waals surface area contributed by atoms with E-state index >= 15 is 0 Å². The zero-order valence-electron chi connectivity index (χ0n) is 13.3. The Labute approximate surface area is 138 Å². The number of hydrogen-bond acceptors (Lipinski definition) is 6. The number of hydrogen-bond donors (Lipinski definition) is 0. The Hall–Kier alpha value is -2.74. The number of morpholine rings is 1. The fourth-order valence-electron chi connectivity index (χ4n) is 2.92. The number of para-hydroxylation sites is 1. The van der Waals surface area contributed by atoms with E-state index in [2.05, 4.69) is 15.3 Å². The maximum Gasteiger partial charge on any atom is 0.245 e. The molecule has 1 aliphatic rings. The van der Waals surface area contributed by atoms with E-state index < -0.39 is 0 Å². The lowest BCUT2D eigenvalue weighted by molar-refractivity contribution is -0.142. The lowest BCUT2D eigenvalue weighted by atomic mass is 10.2. The van der Waals surface area contributed by atoms with Gasteiger partial charge in [-0.3, -0.25) is 9.48 Å². The Balaban J connectivity index is 1.57. The largest absolute Gasteiger partial charge is 0.423 e. The highest BCUT2D eigenvalue weighted by molar-refractivity contribution is 5.82. The third kappa shape index (κ3) is 2.65. The van der Waals surface area contributed by atoms with Crippen molar-refractivity contribution in [3.05, 3.63) is 42.2 Å². The van der Waals surface area contributed by atoms with Crippen LogP contribution in [0.15, 0.2) is 34.9 Å². The summed E-state index contributed by atoms with van der Waals surface area (Å²) >= 11 is 0. The first-order valence-corrected chi connectivity index (χ1v) is 7.80. The lowest BCUT2D eigenvalue weighted by Gasteiger charge is -2.33. The minimum absolute atomic E-state index is 0.0481. The van der Waals surface area contributed by atoms with Gasteiger partial charge in [-0.25, -0.2) is 0 Å². The lowest BCUT2D eigenvalue weighted by Crippen LogP contribution is -2.45. The predicted octanol–water partition coefficient (Wildman–Crippen LogP) is 1.33. The van der Waals surface area contributed by atoms with Gasteiger partial charge in [0.1, 0.15) is 12.6 Å². The van der Waals surface area contributed by atoms with Gasteiger partial charge < -0.3 is 14.1 Å². The molecule has 1 saturated heterocycles. The van der Waals surface area contributed by atoms with E-state index in [1.807, 2.05) is 24.3 Å². The van der Waals surface area contributed by atoms with Gasteiger partial charge in [0.2, 0.25) is 17.7 Å². The second-order valence-corrected chi connectivity index (χ2v) is 5.70. The molecule has 0 unspecified atom stereocenters. The fraction of sp³-hybridized carbons (Fsp3) is 0.375. The van der Waals surface area contributed by atoms with Crippen molar-refractivity contribution in [2.75, 3.05) is 19.8 Å². The van der Waals surface area contributed by atoms with Crippen LogP contribution in [0.1, 0.15) is 17.8 Å². The number of carbonyl (C=O) groups excluding carboxylic acids is 1. The average Bonchev–Trinajstić information content (AvgIpc) is 3.22. The van der Waals surface area contributed by atoms with E-state index in [0.29, 0.717) is 31.5 Å². The Morgan fingerprint density at radius 2 is 2.21 bits per heavy atom. The Morgan fingerprint density at radius 1 is 1.33 bits per heavy atom. The molecule has 0 radical (unpaired) electrons. The van der Waals surface area contributed by atoms with Crippen LogP contribution in [-0.4, -0.2) is 50.5 Å². The van der Waals surface area contributed by atoms with E-state index in [9.17, 15) is 4.79 Å². The topological polar surface area (TPSA) is 86.3 Å². The maximum atomic E-state index is 12.8. The Bertz CT molecular complexity index is 871. The van der Waals surface area contributed by atoms with E-state index in [4.69, 9.17) is 9.15 Å². The molecule has 4 rings (SSSR count). The summed E-state index contributed by atoms with van der Waals surface area (Å²) in [5.74, 6) is 0.833. The van der Waals surface area contributed by atoms with Gasteiger partial charge in [0.25, 0.3) is 0 Å². The van der Waals surface area contributed by atoms with Crippen LogP contribution in [0.3, 0.4) is 0 Å². The molecule has 0 saturated carbocycles. The number of carbonyl (C=O) groups is 1. The molecular formula is C16H17N5O3. The van der Waals surface area contributed by atoms with Crippen LogP contribution >= 0.6 is 0 Å². The molecule has 1 atom stereocenters. The van der Waals surface area contributed by atoms with Crippen molar-refractivity contribution >= 4 is 16.8 Å². The summed E-state index contributed by atoms with van der Waals surface area (Å²) in [5.41, 5.74) is 0.935. The summed E-state index contributed by atoms with van der Waals surface area (Å²) in [5, 5.41) is 13.2. The first kappa shape index (κ1) is 14.8. The van der Waals surface area contributed by atoms with E-state index in [1.165, 1.54) is 0 Å². The third-order valence-corrected chi connectivity index (χ3v) is 4.11. The van der Waals surface area contributed by atoms with Crippen molar-refractivity contribution in [2.45, 2.75) is 19.5 Å². The second kappa shape index (κ2) is 6.04. The highest BCUT2D eigenvalue weighted by Gasteiger charge is 2.32. The van der Waals surface area contributed by atoms with E-state index in [-0.39, 0.29) is 18.5 Å². The molecule has 0 bridgehead atoms. The predicted molar refractivity (Wildman–Crippen MR) is 84.0 cm³/mol. The molecule has 0 N–H and O–H groups in total. The van der Waals surface area contributed by atoms with Gasteiger partial charge in [-0.1, -0.05) is 18.2 Å². The van der Waals surface area contributed by atoms with Crippen LogP contribution in [0.5, 0.6) is 0 Å². The first-order valence-electron chi connectivity index (χ1n) is 7.80. The van der Waals surface area contributed by atoms with Gasteiger partial charge in [0.05, 0.1) is 24.9 Å². The van der Waals surface area contributed by atoms with Gasteiger partial charge >= 0.3 is 0 Å². The Morgan fingerprint density at radius 3 is 3.04 bits per heavy atom. The summed E-state index contributed by atoms with van der Waals surface area (Å²) in [6, 6.07) is 7.46. The zero-order valence-corrected chi connectivity index (χ0v) is 13.3. The van der Waals surface area contributed by atoms with E-state index in [1.54, 1.807) is 22.7 Å². The molecule has 1 aromatic carbocycles. The van der Waals surface area contributed by atoms with Gasteiger partial charge in [0.15, 0.2) is 0 Å². The van der Waals surface area contributed by atoms with Crippen LogP contribution in [0.25, 0.3) is 10.9 Å². The molecule has 24 heavy (non-hydrogen) atoms. The molecule has 3 heterocycles. The molecule has 0 spiro atoms. The van der Waals surface area contributed by atoms with Gasteiger partial charge in [0, 0.05) is 18.9 Å². The van der Waals surface area contributed by atoms with E-state index in [0.717, 1.165) is 10.9 Å². The summed E-state index contributed by atoms with van der Waals surface area (Å²) in [4.78, 5) is 14.5. The van der Waals surface area contributed by atoms with Gasteiger partial charge in [-0.05, 0) is 6.07 Å². The van der Waals surface area contributed by atoms with Crippen LogP contribution < -0.4 is 0 Å². The quantitative estimate of drug-likeness (QED) is 0.721. The molecule has 3 aromatic rings. The molecule has 8 heteroatoms. The molecule has 8 nitrogen and oxygen atoms in total. The fourth-order valence-corrected chi connectivity index (χ4v) is 2.92. The number of aryl methyl sites for hydroxylation is 1. The van der Waals surface area contributed by atoms with Crippen molar-refractivity contribution in [1.82, 2.24) is 24.9 Å². The van der Waals surface area contributed by atoms with Crippen LogP contribution in [0.2, 0.25) is 0 Å². The number of aromatic nitrogens is 4. The molecular weight excluding hydrogens is 310 g/mol. The molecule has 2 aromatic heterocycles. The summed E-state index contributed by atoms with van der Waals surface area (Å²) in [6.07, 6.45) is 1.76. The minimum atomic E-state index is -0.353. The number of benzene rings is 1. The summed E-state index contributed by atoms with van der Waals surface area (Å²) in [7, 11) is 0. The number of nitrogens with zero attached hydrogens (tertiary/aromatic N) is 5. The summed E-state index contributed by atoms with van der Waals surface area (Å²) in [6.45, 7) is 3.23. The standard InChI is InChI=1S/C16H17N5O3/c1-11-18-19-16(24-11)14-10-23-7-6-20(14)15(22)9-21-13-5-3-2-4-12(13)8-17-21/h2-5,8,14H,6-7,9-10H2,1H3/t14-/m1/s1. The zero-order chi connectivity index (χ0) is 16.5. The van der Waals surface area contributed by atoms with Crippen molar-refractivity contribution in [2.24, 2.45) is 0 Å². The molecule has 1 aliphatic heterocycles. The third-order valence-electron chi connectivity index (χ3n) is 4.11. The van der Waals surface area contributed by atoms with Gasteiger partial charge in [-0.2, -0.15) is 5.10 Å². The van der Waals surface area contributed by atoms with Crippen LogP contribution in [0.4, 0.5) is 0 Å². The monoisotopic (exact) mass is 327 g/mol. The molecule has 1 fully saturated rings. The van der Waals surface area contributed by atoms with Gasteiger partial charge in [-0.15, -0.1) is 10.2 Å². The highest BCUT2D eigenvalue weighted by Crippen LogP contribution is 2.24. The normalized spacial score (nSPS) is 18.2. The minimum Gasteiger partial charge on any atom is -0.423 e. The summed E-state index contributed by atoms with van der Waals surface area (Å²) < 4.78 is 12.7. The number of rotatable bonds is 3. The number of amides is 1.